The first kappa shape index (κ1) is 22.4. The van der Waals surface area contributed by atoms with Crippen LogP contribution < -0.4 is 0 Å². The van der Waals surface area contributed by atoms with Gasteiger partial charge in [-0.15, -0.1) is 22.8 Å². The minimum atomic E-state index is -1.93. The Hall–Kier alpha value is -0.660. The van der Waals surface area contributed by atoms with Crippen molar-refractivity contribution in [3.05, 3.63) is 55.6 Å². The smallest absolute Gasteiger partial charge is 0.330 e. The van der Waals surface area contributed by atoms with Crippen LogP contribution in [0.15, 0.2) is 60.5 Å². The van der Waals surface area contributed by atoms with Gasteiger partial charge in [-0.2, -0.15) is 0 Å². The highest BCUT2D eigenvalue weighted by molar-refractivity contribution is 9.23. The number of benzene rings is 1. The van der Waals surface area contributed by atoms with Crippen molar-refractivity contribution in [2.45, 2.75) is 4.90 Å². The van der Waals surface area contributed by atoms with E-state index in [9.17, 15) is 9.59 Å². The highest BCUT2D eigenvalue weighted by Gasteiger charge is 2.20. The lowest BCUT2D eigenvalue weighted by Crippen LogP contribution is -2.04. The predicted molar refractivity (Wildman–Crippen MR) is 114 cm³/mol. The van der Waals surface area contributed by atoms with Crippen LogP contribution in [0.5, 0.6) is 0 Å². The number of rotatable bonds is 12. The molecule has 9 heteroatoms. The summed E-state index contributed by atoms with van der Waals surface area (Å²) in [5, 5.41) is 0. The maximum absolute atomic E-state index is 11.1. The van der Waals surface area contributed by atoms with Crippen LogP contribution >= 0.6 is 37.8 Å². The largest absolute Gasteiger partial charge is 0.462 e. The maximum atomic E-state index is 11.1. The van der Waals surface area contributed by atoms with Crippen LogP contribution in [0.25, 0.3) is 0 Å². The van der Waals surface area contributed by atoms with Gasteiger partial charge in [0.2, 0.25) is 0 Å². The van der Waals surface area contributed by atoms with Crippen molar-refractivity contribution in [1.82, 2.24) is 0 Å². The molecule has 0 bridgehead atoms. The Morgan fingerprint density at radius 1 is 1.00 bits per heavy atom. The molecule has 0 saturated carbocycles. The normalized spacial score (nSPS) is 10.7. The number of carbonyl (C=O) groups is 2. The SMILES string of the molecule is C=CC(=O)OCCSP(=S)(SCCOC(=O)C=C)Sc1ccccc1. The van der Waals surface area contributed by atoms with E-state index in [1.807, 2.05) is 30.3 Å². The van der Waals surface area contributed by atoms with Crippen molar-refractivity contribution in [3.63, 3.8) is 0 Å². The zero-order valence-electron chi connectivity index (χ0n) is 13.5. The van der Waals surface area contributed by atoms with Gasteiger partial charge in [-0.3, -0.25) is 0 Å². The van der Waals surface area contributed by atoms with Crippen LogP contribution in [-0.2, 0) is 30.9 Å². The Bertz CT molecular complexity index is 604. The number of esters is 2. The van der Waals surface area contributed by atoms with E-state index in [2.05, 4.69) is 13.2 Å². The van der Waals surface area contributed by atoms with Crippen LogP contribution in [0.1, 0.15) is 0 Å². The van der Waals surface area contributed by atoms with Gasteiger partial charge < -0.3 is 9.47 Å². The number of hydrogen-bond acceptors (Lipinski definition) is 8. The highest BCUT2D eigenvalue weighted by Crippen LogP contribution is 2.79. The van der Waals surface area contributed by atoms with Crippen molar-refractivity contribution >= 4 is 61.5 Å². The molecule has 0 saturated heterocycles. The molecule has 0 atom stereocenters. The first-order chi connectivity index (χ1) is 12.0. The van der Waals surface area contributed by atoms with E-state index >= 15 is 0 Å². The van der Waals surface area contributed by atoms with Crippen LogP contribution in [0.4, 0.5) is 0 Å². The van der Waals surface area contributed by atoms with E-state index < -0.39 is 15.6 Å². The lowest BCUT2D eigenvalue weighted by molar-refractivity contribution is -0.138. The Kier molecular flexibility index (Phi) is 11.3. The van der Waals surface area contributed by atoms with E-state index in [-0.39, 0.29) is 13.2 Å². The van der Waals surface area contributed by atoms with Crippen molar-refractivity contribution in [1.29, 1.82) is 0 Å². The summed E-state index contributed by atoms with van der Waals surface area (Å²) in [6.07, 6.45) is 2.28. The predicted octanol–water partition coefficient (Wildman–Crippen LogP) is 4.93. The fourth-order valence-corrected chi connectivity index (χ4v) is 14.3. The molecule has 1 rings (SSSR count). The van der Waals surface area contributed by atoms with E-state index in [1.165, 1.54) is 0 Å². The Labute approximate surface area is 165 Å². The van der Waals surface area contributed by atoms with Gasteiger partial charge >= 0.3 is 11.9 Å². The van der Waals surface area contributed by atoms with Gasteiger partial charge in [0.05, 0.1) is 0 Å². The summed E-state index contributed by atoms with van der Waals surface area (Å²) in [4.78, 5) is 23.3. The molecule has 136 valence electrons. The zero-order chi connectivity index (χ0) is 18.5. The zero-order valence-corrected chi connectivity index (χ0v) is 17.7. The molecule has 0 unspecified atom stereocenters. The summed E-state index contributed by atoms with van der Waals surface area (Å²) >= 11 is 10.8. The van der Waals surface area contributed by atoms with Crippen molar-refractivity contribution < 1.29 is 19.1 Å². The van der Waals surface area contributed by atoms with Crippen LogP contribution in [0.2, 0.25) is 0 Å². The van der Waals surface area contributed by atoms with Crippen molar-refractivity contribution in [3.8, 4) is 0 Å². The van der Waals surface area contributed by atoms with Gasteiger partial charge in [-0.1, -0.05) is 54.5 Å². The standard InChI is InChI=1S/C16H19O4PS4/c1-3-15(17)19-10-12-23-21(22,24-13-11-20-16(18)4-2)25-14-8-6-5-7-9-14/h3-9H,1-2,10-13H2. The molecule has 0 aliphatic rings. The summed E-state index contributed by atoms with van der Waals surface area (Å²) < 4.78 is 8.08. The summed E-state index contributed by atoms with van der Waals surface area (Å²) in [5.74, 6) is 0.342. The Balaban J connectivity index is 2.57. The third-order valence-corrected chi connectivity index (χ3v) is 16.5. The minimum Gasteiger partial charge on any atom is -0.462 e. The first-order valence-electron chi connectivity index (χ1n) is 7.21. The second-order valence-corrected chi connectivity index (χ2v) is 20.0. The molecule has 25 heavy (non-hydrogen) atoms. The molecule has 0 aromatic heterocycles. The van der Waals surface area contributed by atoms with Crippen LogP contribution in [-0.4, -0.2) is 36.7 Å². The average molecular weight is 435 g/mol. The van der Waals surface area contributed by atoms with Gasteiger partial charge in [0.15, 0.2) is 0 Å². The molecule has 1 aromatic carbocycles. The Morgan fingerprint density at radius 3 is 1.92 bits per heavy atom. The lowest BCUT2D eigenvalue weighted by Gasteiger charge is -2.20. The summed E-state index contributed by atoms with van der Waals surface area (Å²) in [5.41, 5.74) is 0. The summed E-state index contributed by atoms with van der Waals surface area (Å²) in [6.45, 7) is 7.30. The molecular weight excluding hydrogens is 415 g/mol. The third kappa shape index (κ3) is 10.2. The van der Waals surface area contributed by atoms with Gasteiger partial charge in [0.25, 0.3) is 0 Å². The molecule has 0 N–H and O–H groups in total. The van der Waals surface area contributed by atoms with Gasteiger partial charge in [-0.05, 0) is 12.1 Å². The van der Waals surface area contributed by atoms with E-state index in [0.29, 0.717) is 11.5 Å². The molecule has 0 fully saturated rings. The highest BCUT2D eigenvalue weighted by atomic mass is 33.5. The van der Waals surface area contributed by atoms with Crippen molar-refractivity contribution in [2.75, 3.05) is 24.7 Å². The molecule has 0 amide bonds. The number of ether oxygens (including phenoxy) is 2. The molecular formula is C16H19O4PS4. The molecule has 0 heterocycles. The van der Waals surface area contributed by atoms with Gasteiger partial charge in [0.1, 0.15) is 16.9 Å². The van der Waals surface area contributed by atoms with Gasteiger partial charge in [-0.25, -0.2) is 9.59 Å². The maximum Gasteiger partial charge on any atom is 0.330 e. The molecule has 0 radical (unpaired) electrons. The van der Waals surface area contributed by atoms with Gasteiger partial charge in [0, 0.05) is 28.6 Å². The monoisotopic (exact) mass is 434 g/mol. The number of carbonyl (C=O) groups excluding carboxylic acids is 2. The fourth-order valence-electron chi connectivity index (χ4n) is 1.40. The fraction of sp³-hybridized carbons (Fsp3) is 0.250. The van der Waals surface area contributed by atoms with Crippen LogP contribution in [0.3, 0.4) is 0 Å². The molecule has 4 nitrogen and oxygen atoms in total. The van der Waals surface area contributed by atoms with Crippen molar-refractivity contribution in [2.24, 2.45) is 0 Å². The molecule has 0 spiro atoms. The first-order valence-corrected chi connectivity index (χ1v) is 14.6. The summed E-state index contributed by atoms with van der Waals surface area (Å²) in [6, 6.07) is 9.92. The summed E-state index contributed by atoms with van der Waals surface area (Å²) in [7, 11) is 0. The van der Waals surface area contributed by atoms with E-state index in [0.717, 1.165) is 17.0 Å². The topological polar surface area (TPSA) is 52.6 Å². The second kappa shape index (κ2) is 12.7. The molecule has 0 aliphatic carbocycles. The quantitative estimate of drug-likeness (QED) is 0.199. The lowest BCUT2D eigenvalue weighted by atomic mass is 10.4. The average Bonchev–Trinajstić information content (AvgIpc) is 2.63. The van der Waals surface area contributed by atoms with Crippen LogP contribution in [0, 0.1) is 0 Å². The molecule has 0 aliphatic heterocycles. The minimum absolute atomic E-state index is 0.287. The van der Waals surface area contributed by atoms with E-state index in [4.69, 9.17) is 21.3 Å². The third-order valence-electron chi connectivity index (χ3n) is 2.45. The molecule has 1 aromatic rings. The second-order valence-electron chi connectivity index (χ2n) is 4.26. The number of hydrogen-bond donors (Lipinski definition) is 0. The Morgan fingerprint density at radius 2 is 1.48 bits per heavy atom. The van der Waals surface area contributed by atoms with E-state index in [1.54, 1.807) is 34.1 Å².